The van der Waals surface area contributed by atoms with Crippen LogP contribution >= 0.6 is 0 Å². The molecule has 1 aliphatic rings. The number of pyridine rings is 1. The molecule has 0 radical (unpaired) electrons. The van der Waals surface area contributed by atoms with E-state index in [0.717, 1.165) is 17.2 Å². The van der Waals surface area contributed by atoms with E-state index < -0.39 is 0 Å². The van der Waals surface area contributed by atoms with E-state index in [1.807, 2.05) is 12.1 Å². The molecule has 0 fully saturated rings. The largest absolute Gasteiger partial charge is 0.489 e. The summed E-state index contributed by atoms with van der Waals surface area (Å²) in [5, 5.41) is 0. The average Bonchev–Trinajstić information content (AvgIpc) is 2.50. The molecule has 2 aromatic rings. The number of aryl methyl sites for hydroxylation is 1. The molecule has 0 amide bonds. The highest BCUT2D eigenvalue weighted by molar-refractivity contribution is 5.39. The summed E-state index contributed by atoms with van der Waals surface area (Å²) in [6, 6.07) is 10.6. The van der Waals surface area contributed by atoms with Crippen LogP contribution in [0.5, 0.6) is 5.75 Å². The molecule has 1 heterocycles. The molecule has 0 bridgehead atoms. The Kier molecular flexibility index (Phi) is 3.72. The first-order valence-electron chi connectivity index (χ1n) is 7.38. The maximum absolute atomic E-state index is 5.89. The van der Waals surface area contributed by atoms with Crippen LogP contribution in [0.3, 0.4) is 0 Å². The third-order valence-electron chi connectivity index (χ3n) is 4.48. The molecule has 2 nitrogen and oxygen atoms in total. The van der Waals surface area contributed by atoms with Crippen molar-refractivity contribution in [3.8, 4) is 5.75 Å². The Balaban J connectivity index is 1.73. The van der Waals surface area contributed by atoms with Crippen molar-refractivity contribution in [2.24, 2.45) is 5.92 Å². The minimum atomic E-state index is 0.604. The first-order chi connectivity index (χ1) is 9.74. The van der Waals surface area contributed by atoms with Crippen LogP contribution in [0.2, 0.25) is 0 Å². The molecule has 0 spiro atoms. The molecule has 0 saturated carbocycles. The fraction of sp³-hybridized carbons (Fsp3) is 0.389. The van der Waals surface area contributed by atoms with Gasteiger partial charge in [0.15, 0.2) is 0 Å². The molecule has 0 saturated heterocycles. The SMILES string of the molecule is CC1CCc2cc(OCc3ccncc3)ccc2C1C. The van der Waals surface area contributed by atoms with E-state index in [0.29, 0.717) is 12.5 Å². The summed E-state index contributed by atoms with van der Waals surface area (Å²) in [6.45, 7) is 5.29. The van der Waals surface area contributed by atoms with E-state index in [1.165, 1.54) is 24.0 Å². The molecule has 1 aliphatic carbocycles. The topological polar surface area (TPSA) is 22.1 Å². The Morgan fingerprint density at radius 2 is 1.95 bits per heavy atom. The lowest BCUT2D eigenvalue weighted by molar-refractivity contribution is 0.305. The van der Waals surface area contributed by atoms with E-state index in [9.17, 15) is 0 Å². The van der Waals surface area contributed by atoms with Crippen LogP contribution in [0.25, 0.3) is 0 Å². The molecular weight excluding hydrogens is 246 g/mol. The molecule has 1 aromatic heterocycles. The standard InChI is InChI=1S/C18H21NO/c1-13-3-4-16-11-17(5-6-18(16)14(13)2)20-12-15-7-9-19-10-8-15/h5-11,13-14H,3-4,12H2,1-2H3. The minimum absolute atomic E-state index is 0.604. The molecule has 0 aliphatic heterocycles. The zero-order chi connectivity index (χ0) is 13.9. The second-order valence-electron chi connectivity index (χ2n) is 5.81. The molecule has 0 N–H and O–H groups in total. The van der Waals surface area contributed by atoms with Crippen molar-refractivity contribution in [3.05, 3.63) is 59.4 Å². The van der Waals surface area contributed by atoms with Crippen molar-refractivity contribution in [2.75, 3.05) is 0 Å². The number of nitrogens with zero attached hydrogens (tertiary/aromatic N) is 1. The zero-order valence-electron chi connectivity index (χ0n) is 12.2. The lowest BCUT2D eigenvalue weighted by Gasteiger charge is -2.28. The molecular formula is C18H21NO. The summed E-state index contributed by atoms with van der Waals surface area (Å²) < 4.78 is 5.89. The second kappa shape index (κ2) is 5.66. The van der Waals surface area contributed by atoms with E-state index >= 15 is 0 Å². The van der Waals surface area contributed by atoms with Gasteiger partial charge in [0.25, 0.3) is 0 Å². The molecule has 2 atom stereocenters. The third-order valence-corrected chi connectivity index (χ3v) is 4.48. The number of hydrogen-bond donors (Lipinski definition) is 0. The first kappa shape index (κ1) is 13.2. The normalized spacial score (nSPS) is 21.3. The Morgan fingerprint density at radius 1 is 1.15 bits per heavy atom. The molecule has 3 rings (SSSR count). The Morgan fingerprint density at radius 3 is 2.75 bits per heavy atom. The first-order valence-corrected chi connectivity index (χ1v) is 7.38. The Labute approximate surface area is 120 Å². The van der Waals surface area contributed by atoms with Crippen LogP contribution in [-0.2, 0) is 13.0 Å². The van der Waals surface area contributed by atoms with Crippen LogP contribution in [0.15, 0.2) is 42.7 Å². The fourth-order valence-corrected chi connectivity index (χ4v) is 2.92. The van der Waals surface area contributed by atoms with Crippen molar-refractivity contribution in [1.29, 1.82) is 0 Å². The van der Waals surface area contributed by atoms with Crippen LogP contribution in [0, 0.1) is 5.92 Å². The Hall–Kier alpha value is -1.83. The maximum Gasteiger partial charge on any atom is 0.120 e. The van der Waals surface area contributed by atoms with Gasteiger partial charge in [-0.25, -0.2) is 0 Å². The van der Waals surface area contributed by atoms with E-state index in [-0.39, 0.29) is 0 Å². The van der Waals surface area contributed by atoms with Gasteiger partial charge in [0.2, 0.25) is 0 Å². The summed E-state index contributed by atoms with van der Waals surface area (Å²) >= 11 is 0. The fourth-order valence-electron chi connectivity index (χ4n) is 2.92. The van der Waals surface area contributed by atoms with Gasteiger partial charge >= 0.3 is 0 Å². The van der Waals surface area contributed by atoms with Crippen LogP contribution in [0.4, 0.5) is 0 Å². The molecule has 104 valence electrons. The Bertz CT molecular complexity index is 579. The van der Waals surface area contributed by atoms with Gasteiger partial charge in [-0.3, -0.25) is 4.98 Å². The van der Waals surface area contributed by atoms with E-state index in [1.54, 1.807) is 12.4 Å². The van der Waals surface area contributed by atoms with Crippen LogP contribution < -0.4 is 4.74 Å². The quantitative estimate of drug-likeness (QED) is 0.825. The summed E-state index contributed by atoms with van der Waals surface area (Å²) in [6.07, 6.45) is 6.05. The lowest BCUT2D eigenvalue weighted by atomic mass is 9.77. The van der Waals surface area contributed by atoms with Gasteiger partial charge in [-0.05, 0) is 65.6 Å². The summed E-state index contributed by atoms with van der Waals surface area (Å²) in [4.78, 5) is 4.02. The van der Waals surface area contributed by atoms with Gasteiger partial charge in [0.1, 0.15) is 12.4 Å². The van der Waals surface area contributed by atoms with Gasteiger partial charge in [0, 0.05) is 12.4 Å². The second-order valence-corrected chi connectivity index (χ2v) is 5.81. The van der Waals surface area contributed by atoms with Gasteiger partial charge < -0.3 is 4.74 Å². The van der Waals surface area contributed by atoms with Gasteiger partial charge in [0.05, 0.1) is 0 Å². The minimum Gasteiger partial charge on any atom is -0.489 e. The number of ether oxygens (including phenoxy) is 1. The lowest BCUT2D eigenvalue weighted by Crippen LogP contribution is -2.15. The number of benzene rings is 1. The van der Waals surface area contributed by atoms with E-state index in [4.69, 9.17) is 4.74 Å². The van der Waals surface area contributed by atoms with Crippen molar-refractivity contribution in [1.82, 2.24) is 4.98 Å². The predicted octanol–water partition coefficient (Wildman–Crippen LogP) is 4.35. The number of fused-ring (bicyclic) bond motifs is 1. The number of aromatic nitrogens is 1. The van der Waals surface area contributed by atoms with Crippen molar-refractivity contribution >= 4 is 0 Å². The zero-order valence-corrected chi connectivity index (χ0v) is 12.2. The highest BCUT2D eigenvalue weighted by Gasteiger charge is 2.22. The summed E-state index contributed by atoms with van der Waals surface area (Å²) in [5.74, 6) is 2.42. The van der Waals surface area contributed by atoms with Crippen molar-refractivity contribution in [2.45, 2.75) is 39.2 Å². The number of hydrogen-bond acceptors (Lipinski definition) is 2. The highest BCUT2D eigenvalue weighted by Crippen LogP contribution is 2.37. The molecule has 1 aromatic carbocycles. The molecule has 2 heteroatoms. The smallest absolute Gasteiger partial charge is 0.120 e. The average molecular weight is 267 g/mol. The summed E-state index contributed by atoms with van der Waals surface area (Å²) in [7, 11) is 0. The summed E-state index contributed by atoms with van der Waals surface area (Å²) in [5.41, 5.74) is 4.11. The van der Waals surface area contributed by atoms with Crippen LogP contribution in [-0.4, -0.2) is 4.98 Å². The third kappa shape index (κ3) is 2.69. The molecule has 2 unspecified atom stereocenters. The van der Waals surface area contributed by atoms with Gasteiger partial charge in [-0.2, -0.15) is 0 Å². The molecule has 20 heavy (non-hydrogen) atoms. The monoisotopic (exact) mass is 267 g/mol. The number of rotatable bonds is 3. The van der Waals surface area contributed by atoms with Gasteiger partial charge in [-0.15, -0.1) is 0 Å². The maximum atomic E-state index is 5.89. The predicted molar refractivity (Wildman–Crippen MR) is 80.9 cm³/mol. The van der Waals surface area contributed by atoms with E-state index in [2.05, 4.69) is 37.0 Å². The van der Waals surface area contributed by atoms with Gasteiger partial charge in [-0.1, -0.05) is 19.9 Å². The highest BCUT2D eigenvalue weighted by atomic mass is 16.5. The van der Waals surface area contributed by atoms with Crippen molar-refractivity contribution < 1.29 is 4.74 Å². The van der Waals surface area contributed by atoms with Crippen molar-refractivity contribution in [3.63, 3.8) is 0 Å². The van der Waals surface area contributed by atoms with Crippen LogP contribution in [0.1, 0.15) is 42.9 Å².